The van der Waals surface area contributed by atoms with Crippen molar-refractivity contribution in [3.05, 3.63) is 57.3 Å². The minimum atomic E-state index is 0.0399. The van der Waals surface area contributed by atoms with E-state index in [-0.39, 0.29) is 5.78 Å². The molecule has 2 nitrogen and oxygen atoms in total. The van der Waals surface area contributed by atoms with Crippen LogP contribution in [-0.2, 0) is 0 Å². The van der Waals surface area contributed by atoms with Crippen LogP contribution in [0.3, 0.4) is 0 Å². The van der Waals surface area contributed by atoms with Crippen LogP contribution in [0.2, 0.25) is 0 Å². The van der Waals surface area contributed by atoms with E-state index < -0.39 is 0 Å². The first-order valence-corrected chi connectivity index (χ1v) is 5.83. The minimum absolute atomic E-state index is 0.0399. The van der Waals surface area contributed by atoms with Gasteiger partial charge >= 0.3 is 0 Å². The van der Waals surface area contributed by atoms with Gasteiger partial charge in [0.25, 0.3) is 0 Å². The van der Waals surface area contributed by atoms with Crippen molar-refractivity contribution in [3.63, 3.8) is 0 Å². The average Bonchev–Trinajstić information content (AvgIpc) is 2.58. The number of hydrogen-bond donors (Lipinski definition) is 1. The predicted molar refractivity (Wildman–Crippen MR) is 67.8 cm³/mol. The molecular formula is C13H12BrNO. The molecule has 0 fully saturated rings. The number of aromatic amines is 1. The number of ketones is 1. The van der Waals surface area contributed by atoms with Crippen LogP contribution in [0.5, 0.6) is 0 Å². The molecule has 2 aromatic rings. The molecule has 2 rings (SSSR count). The summed E-state index contributed by atoms with van der Waals surface area (Å²) in [5, 5.41) is 0. The van der Waals surface area contributed by atoms with Crippen LogP contribution in [0.1, 0.15) is 27.3 Å². The highest BCUT2D eigenvalue weighted by atomic mass is 79.9. The number of carbonyl (C=O) groups excluding carboxylic acids is 1. The first-order valence-electron chi connectivity index (χ1n) is 5.04. The van der Waals surface area contributed by atoms with E-state index >= 15 is 0 Å². The third-order valence-corrected chi connectivity index (χ3v) is 3.01. The van der Waals surface area contributed by atoms with E-state index in [1.54, 1.807) is 0 Å². The SMILES string of the molecule is Cc1cc(C)c(C(=O)c2ccc(Br)cc2)[nH]1. The number of hydrogen-bond acceptors (Lipinski definition) is 1. The molecule has 0 unspecified atom stereocenters. The lowest BCUT2D eigenvalue weighted by molar-refractivity contribution is 0.103. The fraction of sp³-hybridized carbons (Fsp3) is 0.154. The van der Waals surface area contributed by atoms with Gasteiger partial charge in [0.05, 0.1) is 5.69 Å². The third kappa shape index (κ3) is 2.09. The van der Waals surface area contributed by atoms with Crippen LogP contribution in [0.4, 0.5) is 0 Å². The quantitative estimate of drug-likeness (QED) is 0.836. The Bertz CT molecular complexity index is 525. The third-order valence-electron chi connectivity index (χ3n) is 2.48. The second-order valence-electron chi connectivity index (χ2n) is 3.85. The summed E-state index contributed by atoms with van der Waals surface area (Å²) in [6.07, 6.45) is 0. The van der Waals surface area contributed by atoms with Gasteiger partial charge in [-0.3, -0.25) is 4.79 Å². The molecule has 0 amide bonds. The number of rotatable bonds is 2. The first-order chi connectivity index (χ1) is 7.58. The van der Waals surface area contributed by atoms with Crippen molar-refractivity contribution in [1.82, 2.24) is 4.98 Å². The van der Waals surface area contributed by atoms with Crippen molar-refractivity contribution >= 4 is 21.7 Å². The molecule has 0 aliphatic heterocycles. The number of aromatic nitrogens is 1. The van der Waals surface area contributed by atoms with Gasteiger partial charge < -0.3 is 4.98 Å². The Kier molecular flexibility index (Phi) is 2.97. The molecule has 16 heavy (non-hydrogen) atoms. The normalized spacial score (nSPS) is 10.4. The lowest BCUT2D eigenvalue weighted by Gasteiger charge is -2.00. The van der Waals surface area contributed by atoms with Crippen LogP contribution in [0.25, 0.3) is 0 Å². The Labute approximate surface area is 103 Å². The maximum Gasteiger partial charge on any atom is 0.209 e. The average molecular weight is 278 g/mol. The number of halogens is 1. The largest absolute Gasteiger partial charge is 0.356 e. The predicted octanol–water partition coefficient (Wildman–Crippen LogP) is 3.63. The first kappa shape index (κ1) is 11.1. The van der Waals surface area contributed by atoms with Gasteiger partial charge in [0, 0.05) is 15.7 Å². The van der Waals surface area contributed by atoms with Gasteiger partial charge in [-0.2, -0.15) is 0 Å². The lowest BCUT2D eigenvalue weighted by Crippen LogP contribution is -2.03. The molecule has 3 heteroatoms. The van der Waals surface area contributed by atoms with Gasteiger partial charge in [0.1, 0.15) is 0 Å². The van der Waals surface area contributed by atoms with E-state index in [1.807, 2.05) is 44.2 Å². The van der Waals surface area contributed by atoms with Gasteiger partial charge in [0.15, 0.2) is 0 Å². The smallest absolute Gasteiger partial charge is 0.209 e. The minimum Gasteiger partial charge on any atom is -0.356 e. The van der Waals surface area contributed by atoms with E-state index in [2.05, 4.69) is 20.9 Å². The number of carbonyl (C=O) groups is 1. The van der Waals surface area contributed by atoms with Gasteiger partial charge in [-0.15, -0.1) is 0 Å². The molecule has 0 radical (unpaired) electrons. The Balaban J connectivity index is 2.39. The molecule has 0 aliphatic rings. The lowest BCUT2D eigenvalue weighted by atomic mass is 10.1. The second-order valence-corrected chi connectivity index (χ2v) is 4.76. The molecule has 1 N–H and O–H groups in total. The highest BCUT2D eigenvalue weighted by molar-refractivity contribution is 9.10. The fourth-order valence-corrected chi connectivity index (χ4v) is 1.97. The van der Waals surface area contributed by atoms with Gasteiger partial charge in [-0.25, -0.2) is 0 Å². The molecule has 1 aromatic carbocycles. The number of aryl methyl sites for hydroxylation is 2. The second kappa shape index (κ2) is 4.26. The summed E-state index contributed by atoms with van der Waals surface area (Å²) < 4.78 is 0.975. The summed E-state index contributed by atoms with van der Waals surface area (Å²) in [4.78, 5) is 15.2. The Morgan fingerprint density at radius 1 is 1.19 bits per heavy atom. The molecule has 0 bridgehead atoms. The summed E-state index contributed by atoms with van der Waals surface area (Å²) >= 11 is 3.35. The van der Waals surface area contributed by atoms with Crippen molar-refractivity contribution in [2.45, 2.75) is 13.8 Å². The van der Waals surface area contributed by atoms with Crippen LogP contribution in [-0.4, -0.2) is 10.8 Å². The molecule has 0 saturated carbocycles. The molecule has 1 aromatic heterocycles. The van der Waals surface area contributed by atoms with Gasteiger partial charge in [-0.05, 0) is 49.7 Å². The molecule has 0 aliphatic carbocycles. The highest BCUT2D eigenvalue weighted by Gasteiger charge is 2.13. The standard InChI is InChI=1S/C13H12BrNO/c1-8-7-9(2)15-12(8)13(16)10-3-5-11(14)6-4-10/h3-7,15H,1-2H3. The van der Waals surface area contributed by atoms with E-state index in [1.165, 1.54) is 0 Å². The number of nitrogens with one attached hydrogen (secondary N) is 1. The van der Waals surface area contributed by atoms with Gasteiger partial charge in [-0.1, -0.05) is 15.9 Å². The highest BCUT2D eigenvalue weighted by Crippen LogP contribution is 2.16. The van der Waals surface area contributed by atoms with Gasteiger partial charge in [0.2, 0.25) is 5.78 Å². The van der Waals surface area contributed by atoms with Crippen molar-refractivity contribution in [2.75, 3.05) is 0 Å². The maximum atomic E-state index is 12.1. The van der Waals surface area contributed by atoms with Crippen LogP contribution >= 0.6 is 15.9 Å². The summed E-state index contributed by atoms with van der Waals surface area (Å²) in [6, 6.07) is 9.37. The zero-order valence-corrected chi connectivity index (χ0v) is 10.8. The van der Waals surface area contributed by atoms with Crippen molar-refractivity contribution in [3.8, 4) is 0 Å². The summed E-state index contributed by atoms with van der Waals surface area (Å²) in [5.74, 6) is 0.0399. The Morgan fingerprint density at radius 2 is 1.81 bits per heavy atom. The number of benzene rings is 1. The topological polar surface area (TPSA) is 32.9 Å². The fourth-order valence-electron chi connectivity index (χ4n) is 1.71. The molecule has 1 heterocycles. The molecule has 0 atom stereocenters. The van der Waals surface area contributed by atoms with Crippen molar-refractivity contribution in [1.29, 1.82) is 0 Å². The van der Waals surface area contributed by atoms with Crippen LogP contribution < -0.4 is 0 Å². The molecule has 82 valence electrons. The summed E-state index contributed by atoms with van der Waals surface area (Å²) in [5.41, 5.74) is 3.39. The Morgan fingerprint density at radius 3 is 2.31 bits per heavy atom. The van der Waals surface area contributed by atoms with E-state index in [0.717, 1.165) is 15.7 Å². The summed E-state index contributed by atoms with van der Waals surface area (Å²) in [7, 11) is 0. The molecule has 0 spiro atoms. The van der Waals surface area contributed by atoms with Crippen LogP contribution in [0, 0.1) is 13.8 Å². The maximum absolute atomic E-state index is 12.1. The summed E-state index contributed by atoms with van der Waals surface area (Å²) in [6.45, 7) is 3.89. The van der Waals surface area contributed by atoms with E-state index in [9.17, 15) is 4.79 Å². The van der Waals surface area contributed by atoms with Crippen LogP contribution in [0.15, 0.2) is 34.8 Å². The zero-order valence-electron chi connectivity index (χ0n) is 9.17. The Hall–Kier alpha value is -1.35. The van der Waals surface area contributed by atoms with Crippen molar-refractivity contribution in [2.24, 2.45) is 0 Å². The number of H-pyrrole nitrogens is 1. The van der Waals surface area contributed by atoms with Crippen molar-refractivity contribution < 1.29 is 4.79 Å². The zero-order chi connectivity index (χ0) is 11.7. The van der Waals surface area contributed by atoms with E-state index in [0.29, 0.717) is 11.3 Å². The monoisotopic (exact) mass is 277 g/mol. The molecular weight excluding hydrogens is 266 g/mol. The molecule has 0 saturated heterocycles. The van der Waals surface area contributed by atoms with E-state index in [4.69, 9.17) is 0 Å².